The van der Waals surface area contributed by atoms with Gasteiger partial charge in [-0.05, 0) is 23.9 Å². The summed E-state index contributed by atoms with van der Waals surface area (Å²) in [7, 11) is -0.942. The highest BCUT2D eigenvalue weighted by atomic mass is 32.3. The van der Waals surface area contributed by atoms with E-state index < -0.39 is 15.8 Å². The highest BCUT2D eigenvalue weighted by molar-refractivity contribution is 8.32. The molecule has 0 aliphatic carbocycles. The Morgan fingerprint density at radius 1 is 1.50 bits per heavy atom. The predicted molar refractivity (Wildman–Crippen MR) is 40.8 cm³/mol. The van der Waals surface area contributed by atoms with Crippen LogP contribution in [-0.2, 0) is 0 Å². The maximum absolute atomic E-state index is 10.5. The van der Waals surface area contributed by atoms with Gasteiger partial charge in [-0.3, -0.25) is 9.51 Å². The molecule has 1 N–H and O–H groups in total. The number of H-pyrrole nitrogens is 1. The van der Waals surface area contributed by atoms with E-state index in [1.807, 2.05) is 18.8 Å². The third-order valence-electron chi connectivity index (χ3n) is 1.00. The quantitative estimate of drug-likeness (QED) is 0.651. The van der Waals surface area contributed by atoms with E-state index in [1.165, 1.54) is 0 Å². The third kappa shape index (κ3) is 1.41. The first kappa shape index (κ1) is 7.40. The van der Waals surface area contributed by atoms with Crippen LogP contribution in [0.4, 0.5) is 0 Å². The van der Waals surface area contributed by atoms with Gasteiger partial charge in [-0.2, -0.15) is 10.0 Å². The van der Waals surface area contributed by atoms with E-state index in [9.17, 15) is 4.79 Å². The molecule has 0 aliphatic heterocycles. The second-order valence-electron chi connectivity index (χ2n) is 2.74. The Labute approximate surface area is 59.9 Å². The Kier molecular flexibility index (Phi) is 1.60. The van der Waals surface area contributed by atoms with E-state index in [1.54, 1.807) is 0 Å². The summed E-state index contributed by atoms with van der Waals surface area (Å²) in [4.78, 5) is 13.0. The maximum atomic E-state index is 10.5. The third-order valence-corrected chi connectivity index (χ3v) is 2.34. The van der Waals surface area contributed by atoms with Crippen molar-refractivity contribution >= 4 is 10.0 Å². The van der Waals surface area contributed by atoms with Gasteiger partial charge in [0.1, 0.15) is 0 Å². The van der Waals surface area contributed by atoms with Crippen molar-refractivity contribution in [1.82, 2.24) is 10.1 Å². The fourth-order valence-corrected chi connectivity index (χ4v) is 1.13. The van der Waals surface area contributed by atoms with Crippen LogP contribution >= 0.6 is 10.0 Å². The smallest absolute Gasteiger partial charge is 0.295 e. The SMILES string of the molecule is CS(C)(C)c1noc(=O)[nH]1. The summed E-state index contributed by atoms with van der Waals surface area (Å²) in [6.45, 7) is 0. The van der Waals surface area contributed by atoms with Crippen molar-refractivity contribution in [2.75, 3.05) is 18.8 Å². The fraction of sp³-hybridized carbons (Fsp3) is 0.600. The monoisotopic (exact) mass is 162 g/mol. The van der Waals surface area contributed by atoms with Crippen LogP contribution in [0.3, 0.4) is 0 Å². The van der Waals surface area contributed by atoms with Gasteiger partial charge in [0.15, 0.2) is 5.16 Å². The number of nitrogens with one attached hydrogen (secondary N) is 1. The van der Waals surface area contributed by atoms with Crippen LogP contribution < -0.4 is 5.76 Å². The largest absolute Gasteiger partial charge is 0.439 e. The lowest BCUT2D eigenvalue weighted by Gasteiger charge is -2.19. The summed E-state index contributed by atoms with van der Waals surface area (Å²) in [6, 6.07) is 0. The molecule has 1 rings (SSSR count). The van der Waals surface area contributed by atoms with Crippen molar-refractivity contribution < 1.29 is 4.52 Å². The van der Waals surface area contributed by atoms with Crippen molar-refractivity contribution in [3.63, 3.8) is 0 Å². The lowest BCUT2D eigenvalue weighted by atomic mass is 11.3. The first-order valence-electron chi connectivity index (χ1n) is 2.74. The molecule has 0 spiro atoms. The van der Waals surface area contributed by atoms with Gasteiger partial charge in [0.2, 0.25) is 0 Å². The Bertz CT molecular complexity index is 270. The molecule has 0 amide bonds. The molecular weight excluding hydrogens is 152 g/mol. The van der Waals surface area contributed by atoms with Gasteiger partial charge in [-0.1, -0.05) is 0 Å². The van der Waals surface area contributed by atoms with Crippen LogP contribution in [0.25, 0.3) is 0 Å². The fourth-order valence-electron chi connectivity index (χ4n) is 0.481. The van der Waals surface area contributed by atoms with Crippen molar-refractivity contribution in [2.24, 2.45) is 0 Å². The lowest BCUT2D eigenvalue weighted by Crippen LogP contribution is -2.00. The van der Waals surface area contributed by atoms with E-state index in [4.69, 9.17) is 0 Å². The number of rotatable bonds is 1. The average Bonchev–Trinajstić information content (AvgIpc) is 2.11. The van der Waals surface area contributed by atoms with E-state index in [2.05, 4.69) is 14.7 Å². The van der Waals surface area contributed by atoms with Crippen LogP contribution in [0, 0.1) is 0 Å². The van der Waals surface area contributed by atoms with Crippen molar-refractivity contribution in [3.05, 3.63) is 10.6 Å². The molecule has 0 saturated heterocycles. The molecule has 0 saturated carbocycles. The lowest BCUT2D eigenvalue weighted by molar-refractivity contribution is 0.375. The highest BCUT2D eigenvalue weighted by Crippen LogP contribution is 2.41. The number of nitrogens with zero attached hydrogens (tertiary/aromatic N) is 1. The topological polar surface area (TPSA) is 58.9 Å². The molecule has 1 heterocycles. The van der Waals surface area contributed by atoms with Gasteiger partial charge in [-0.15, -0.1) is 0 Å². The highest BCUT2D eigenvalue weighted by Gasteiger charge is 2.12. The van der Waals surface area contributed by atoms with E-state index in [-0.39, 0.29) is 0 Å². The van der Waals surface area contributed by atoms with Gasteiger partial charge in [0.05, 0.1) is 0 Å². The van der Waals surface area contributed by atoms with Crippen LogP contribution in [-0.4, -0.2) is 28.9 Å². The second-order valence-corrected chi connectivity index (χ2v) is 6.80. The standard InChI is InChI=1S/C5H10N2O2S/c1-10(2,3)4-6-5(8)9-7-4/h1-3H3,(H,6,7,8). The summed E-state index contributed by atoms with van der Waals surface area (Å²) in [6.07, 6.45) is 6.09. The molecule has 4 nitrogen and oxygen atoms in total. The van der Waals surface area contributed by atoms with Gasteiger partial charge >= 0.3 is 5.76 Å². The maximum Gasteiger partial charge on any atom is 0.439 e. The van der Waals surface area contributed by atoms with E-state index in [0.717, 1.165) is 0 Å². The molecule has 10 heavy (non-hydrogen) atoms. The summed E-state index contributed by atoms with van der Waals surface area (Å²) in [5, 5.41) is 4.25. The second kappa shape index (κ2) is 2.16. The molecule has 5 heteroatoms. The summed E-state index contributed by atoms with van der Waals surface area (Å²) in [5.74, 6) is -0.475. The van der Waals surface area contributed by atoms with Crippen LogP contribution in [0.5, 0.6) is 0 Å². The molecule has 0 fully saturated rings. The minimum absolute atomic E-state index is 0.475. The Morgan fingerprint density at radius 2 is 2.10 bits per heavy atom. The molecule has 0 bridgehead atoms. The molecule has 1 aromatic rings. The zero-order valence-corrected chi connectivity index (χ0v) is 6.99. The number of hydrogen-bond donors (Lipinski definition) is 1. The first-order valence-corrected chi connectivity index (χ1v) is 5.60. The van der Waals surface area contributed by atoms with Crippen molar-refractivity contribution in [2.45, 2.75) is 5.16 Å². The molecule has 0 aliphatic rings. The summed E-state index contributed by atoms with van der Waals surface area (Å²) in [5.41, 5.74) is 0. The number of hydrogen-bond acceptors (Lipinski definition) is 3. The average molecular weight is 162 g/mol. The van der Waals surface area contributed by atoms with E-state index >= 15 is 0 Å². The minimum atomic E-state index is -0.942. The van der Waals surface area contributed by atoms with Gasteiger partial charge < -0.3 is 0 Å². The van der Waals surface area contributed by atoms with Crippen molar-refractivity contribution in [1.29, 1.82) is 0 Å². The van der Waals surface area contributed by atoms with Crippen LogP contribution in [0.1, 0.15) is 0 Å². The Balaban J connectivity index is 3.07. The van der Waals surface area contributed by atoms with Gasteiger partial charge in [0, 0.05) is 0 Å². The van der Waals surface area contributed by atoms with Gasteiger partial charge in [0.25, 0.3) is 0 Å². The zero-order chi connectivity index (χ0) is 7.78. The van der Waals surface area contributed by atoms with Crippen LogP contribution in [0.15, 0.2) is 14.5 Å². The Hall–Kier alpha value is -0.710. The Morgan fingerprint density at radius 3 is 2.30 bits per heavy atom. The molecule has 0 aromatic carbocycles. The van der Waals surface area contributed by atoms with Crippen molar-refractivity contribution in [3.8, 4) is 0 Å². The van der Waals surface area contributed by atoms with E-state index in [0.29, 0.717) is 5.16 Å². The minimum Gasteiger partial charge on any atom is -0.295 e. The van der Waals surface area contributed by atoms with Gasteiger partial charge in [-0.25, -0.2) is 4.79 Å². The number of aromatic nitrogens is 2. The first-order chi connectivity index (χ1) is 4.50. The molecule has 0 atom stereocenters. The normalized spacial score (nSPS) is 13.5. The zero-order valence-electron chi connectivity index (χ0n) is 6.17. The summed E-state index contributed by atoms with van der Waals surface area (Å²) >= 11 is 0. The molecule has 58 valence electrons. The number of aromatic amines is 1. The van der Waals surface area contributed by atoms with Crippen LogP contribution in [0.2, 0.25) is 0 Å². The predicted octanol–water partition coefficient (Wildman–Crippen LogP) is 0.416. The molecular formula is C5H10N2O2S. The molecule has 1 aromatic heterocycles. The molecule has 0 radical (unpaired) electrons. The molecule has 0 unspecified atom stereocenters. The summed E-state index contributed by atoms with van der Waals surface area (Å²) < 4.78 is 4.35.